The fraction of sp³-hybridized carbons (Fsp3) is 0.533. The Morgan fingerprint density at radius 2 is 2.00 bits per heavy atom. The van der Waals surface area contributed by atoms with Gasteiger partial charge in [-0.3, -0.25) is 0 Å². The van der Waals surface area contributed by atoms with Crippen molar-refractivity contribution in [1.82, 2.24) is 0 Å². The maximum atomic E-state index is 11.7. The van der Waals surface area contributed by atoms with E-state index >= 15 is 0 Å². The minimum atomic E-state index is -0.370. The number of hydrogen-bond donors (Lipinski definition) is 2. The Balaban J connectivity index is 2.79. The van der Waals surface area contributed by atoms with Crippen LogP contribution < -0.4 is 11.1 Å². The number of rotatable bonds is 6. The van der Waals surface area contributed by atoms with Gasteiger partial charge in [-0.2, -0.15) is 0 Å². The van der Waals surface area contributed by atoms with Gasteiger partial charge in [0.25, 0.3) is 0 Å². The second kappa shape index (κ2) is 7.02. The maximum absolute atomic E-state index is 11.7. The molecule has 0 heterocycles. The van der Waals surface area contributed by atoms with Crippen LogP contribution in [0.1, 0.15) is 44.0 Å². The predicted octanol–water partition coefficient (Wildman–Crippen LogP) is 3.29. The summed E-state index contributed by atoms with van der Waals surface area (Å²) in [7, 11) is 1.37. The van der Waals surface area contributed by atoms with Gasteiger partial charge in [0.15, 0.2) is 0 Å². The summed E-state index contributed by atoms with van der Waals surface area (Å²) in [5, 5.41) is 3.35. The van der Waals surface area contributed by atoms with Gasteiger partial charge in [-0.05, 0) is 43.9 Å². The van der Waals surface area contributed by atoms with Gasteiger partial charge in [0.05, 0.1) is 12.7 Å². The molecule has 0 aliphatic heterocycles. The zero-order valence-electron chi connectivity index (χ0n) is 12.2. The normalized spacial score (nSPS) is 12.3. The van der Waals surface area contributed by atoms with Crippen LogP contribution in [-0.2, 0) is 4.74 Å². The molecule has 0 aliphatic carbocycles. The third-order valence-electron chi connectivity index (χ3n) is 3.03. The average Bonchev–Trinajstić information content (AvgIpc) is 2.37. The van der Waals surface area contributed by atoms with Gasteiger partial charge in [-0.1, -0.05) is 13.8 Å². The lowest BCUT2D eigenvalue weighted by molar-refractivity contribution is 0.0602. The first-order valence-corrected chi connectivity index (χ1v) is 6.68. The molecule has 3 N–H and O–H groups in total. The van der Waals surface area contributed by atoms with Crippen molar-refractivity contribution in [2.45, 2.75) is 39.7 Å². The fourth-order valence-electron chi connectivity index (χ4n) is 1.89. The number of benzene rings is 1. The molecule has 0 saturated carbocycles. The Morgan fingerprint density at radius 3 is 2.58 bits per heavy atom. The van der Waals surface area contributed by atoms with Crippen LogP contribution in [0.2, 0.25) is 0 Å². The Bertz CT molecular complexity index is 430. The highest BCUT2D eigenvalue weighted by Crippen LogP contribution is 2.22. The van der Waals surface area contributed by atoms with Crippen LogP contribution in [0.5, 0.6) is 0 Å². The van der Waals surface area contributed by atoms with E-state index in [4.69, 9.17) is 10.5 Å². The molecule has 1 aromatic rings. The highest BCUT2D eigenvalue weighted by atomic mass is 16.5. The van der Waals surface area contributed by atoms with Crippen LogP contribution in [0.3, 0.4) is 0 Å². The third kappa shape index (κ3) is 4.81. The lowest BCUT2D eigenvalue weighted by atomic mass is 10.0. The first-order chi connectivity index (χ1) is 8.93. The number of hydrogen-bond acceptors (Lipinski definition) is 4. The van der Waals surface area contributed by atoms with Gasteiger partial charge >= 0.3 is 5.97 Å². The number of carbonyl (C=O) groups is 1. The molecule has 1 unspecified atom stereocenters. The molecule has 0 aliphatic rings. The van der Waals surface area contributed by atoms with Crippen molar-refractivity contribution < 1.29 is 9.53 Å². The zero-order chi connectivity index (χ0) is 14.4. The van der Waals surface area contributed by atoms with E-state index in [1.165, 1.54) is 7.11 Å². The zero-order valence-corrected chi connectivity index (χ0v) is 12.2. The molecule has 0 amide bonds. The molecule has 4 nitrogen and oxygen atoms in total. The fourth-order valence-corrected chi connectivity index (χ4v) is 1.89. The van der Waals surface area contributed by atoms with Crippen molar-refractivity contribution in [2.24, 2.45) is 5.92 Å². The molecular weight excluding hydrogens is 240 g/mol. The van der Waals surface area contributed by atoms with Crippen LogP contribution in [0.15, 0.2) is 18.2 Å². The van der Waals surface area contributed by atoms with E-state index in [0.29, 0.717) is 23.2 Å². The van der Waals surface area contributed by atoms with Gasteiger partial charge in [0.1, 0.15) is 0 Å². The Hall–Kier alpha value is -1.71. The molecule has 106 valence electrons. The first kappa shape index (κ1) is 15.3. The molecule has 1 rings (SSSR count). The van der Waals surface area contributed by atoms with Crippen molar-refractivity contribution in [1.29, 1.82) is 0 Å². The van der Waals surface area contributed by atoms with Gasteiger partial charge < -0.3 is 15.8 Å². The molecule has 1 atom stereocenters. The summed E-state index contributed by atoms with van der Waals surface area (Å²) in [5.74, 6) is 0.307. The van der Waals surface area contributed by atoms with E-state index in [0.717, 1.165) is 18.5 Å². The van der Waals surface area contributed by atoms with Crippen molar-refractivity contribution in [3.63, 3.8) is 0 Å². The van der Waals surface area contributed by atoms with Crippen molar-refractivity contribution >= 4 is 17.3 Å². The molecule has 1 aromatic carbocycles. The predicted molar refractivity (Wildman–Crippen MR) is 79.4 cm³/mol. The Morgan fingerprint density at radius 1 is 1.32 bits per heavy atom. The van der Waals surface area contributed by atoms with Crippen LogP contribution in [0.4, 0.5) is 11.4 Å². The Kier molecular flexibility index (Phi) is 5.67. The summed E-state index contributed by atoms with van der Waals surface area (Å²) in [6, 6.07) is 5.55. The topological polar surface area (TPSA) is 64.3 Å². The molecule has 0 aromatic heterocycles. The van der Waals surface area contributed by atoms with Gasteiger partial charge in [0.2, 0.25) is 0 Å². The van der Waals surface area contributed by atoms with Gasteiger partial charge in [-0.15, -0.1) is 0 Å². The second-order valence-electron chi connectivity index (χ2n) is 5.31. The highest BCUT2D eigenvalue weighted by Gasteiger charge is 2.14. The minimum Gasteiger partial charge on any atom is -0.465 e. The lowest BCUT2D eigenvalue weighted by Crippen LogP contribution is -2.18. The van der Waals surface area contributed by atoms with Gasteiger partial charge in [0, 0.05) is 17.4 Å². The SMILES string of the molecule is COC(=O)c1cc(N)ccc1NC(C)CCC(C)C. The number of methoxy groups -OCH3 is 1. The third-order valence-corrected chi connectivity index (χ3v) is 3.03. The smallest absolute Gasteiger partial charge is 0.340 e. The largest absolute Gasteiger partial charge is 0.465 e. The van der Waals surface area contributed by atoms with E-state index < -0.39 is 0 Å². The summed E-state index contributed by atoms with van der Waals surface area (Å²) in [4.78, 5) is 11.7. The van der Waals surface area contributed by atoms with E-state index in [2.05, 4.69) is 26.1 Å². The monoisotopic (exact) mass is 264 g/mol. The highest BCUT2D eigenvalue weighted by molar-refractivity contribution is 5.96. The molecule has 0 spiro atoms. The number of nitrogens with two attached hydrogens (primary N) is 1. The number of anilines is 2. The van der Waals surface area contributed by atoms with E-state index in [1.54, 1.807) is 12.1 Å². The standard InChI is InChI=1S/C15H24N2O2/c1-10(2)5-6-11(3)17-14-8-7-12(16)9-13(14)15(18)19-4/h7-11,17H,5-6,16H2,1-4H3. The molecule has 0 bridgehead atoms. The van der Waals surface area contributed by atoms with E-state index in [-0.39, 0.29) is 5.97 Å². The number of nitrogen functional groups attached to an aromatic ring is 1. The Labute approximate surface area is 115 Å². The average molecular weight is 264 g/mol. The van der Waals surface area contributed by atoms with Crippen LogP contribution in [-0.4, -0.2) is 19.1 Å². The summed E-state index contributed by atoms with van der Waals surface area (Å²) in [5.41, 5.74) is 7.53. The second-order valence-corrected chi connectivity index (χ2v) is 5.31. The first-order valence-electron chi connectivity index (χ1n) is 6.68. The van der Waals surface area contributed by atoms with Crippen LogP contribution in [0.25, 0.3) is 0 Å². The van der Waals surface area contributed by atoms with E-state index in [1.807, 2.05) is 6.07 Å². The molecule has 0 fully saturated rings. The number of ether oxygens (including phenoxy) is 1. The number of nitrogens with one attached hydrogen (secondary N) is 1. The summed E-state index contributed by atoms with van der Waals surface area (Å²) < 4.78 is 4.78. The van der Waals surface area contributed by atoms with Crippen LogP contribution in [0, 0.1) is 5.92 Å². The molecular formula is C15H24N2O2. The number of esters is 1. The maximum Gasteiger partial charge on any atom is 0.340 e. The lowest BCUT2D eigenvalue weighted by Gasteiger charge is -2.18. The molecule has 19 heavy (non-hydrogen) atoms. The van der Waals surface area contributed by atoms with Crippen molar-refractivity contribution in [3.05, 3.63) is 23.8 Å². The molecule has 0 radical (unpaired) electrons. The summed E-state index contributed by atoms with van der Waals surface area (Å²) >= 11 is 0. The van der Waals surface area contributed by atoms with E-state index in [9.17, 15) is 4.79 Å². The van der Waals surface area contributed by atoms with Crippen LogP contribution >= 0.6 is 0 Å². The summed E-state index contributed by atoms with van der Waals surface area (Å²) in [6.45, 7) is 6.52. The number of carbonyl (C=O) groups excluding carboxylic acids is 1. The minimum absolute atomic E-state index is 0.300. The van der Waals surface area contributed by atoms with Crippen molar-refractivity contribution in [2.75, 3.05) is 18.2 Å². The molecule has 4 heteroatoms. The summed E-state index contributed by atoms with van der Waals surface area (Å²) in [6.07, 6.45) is 2.21. The van der Waals surface area contributed by atoms with Crippen molar-refractivity contribution in [3.8, 4) is 0 Å². The molecule has 0 saturated heterocycles. The quantitative estimate of drug-likeness (QED) is 0.611. The van der Waals surface area contributed by atoms with Gasteiger partial charge in [-0.25, -0.2) is 4.79 Å².